The summed E-state index contributed by atoms with van der Waals surface area (Å²) in [7, 11) is -3.79. The zero-order valence-corrected chi connectivity index (χ0v) is 18.3. The van der Waals surface area contributed by atoms with Crippen LogP contribution in [0.2, 0.25) is 10.0 Å². The molecule has 1 heterocycles. The molecule has 0 atom stereocenters. The van der Waals surface area contributed by atoms with E-state index in [1.54, 1.807) is 4.90 Å². The fourth-order valence-corrected chi connectivity index (χ4v) is 4.96. The van der Waals surface area contributed by atoms with E-state index in [-0.39, 0.29) is 53.4 Å². The Balaban J connectivity index is 1.59. The topological polar surface area (TPSA) is 69.7 Å². The maximum Gasteiger partial charge on any atom is 0.418 e. The second kappa shape index (κ2) is 9.33. The number of hydrogen-bond acceptors (Lipinski definition) is 4. The fraction of sp³-hybridized carbons (Fsp3) is 0.316. The number of rotatable bonds is 5. The molecular formula is C19H18Cl2F3N3O3S. The van der Waals surface area contributed by atoms with Crippen molar-refractivity contribution in [3.63, 3.8) is 0 Å². The second-order valence-corrected chi connectivity index (χ2v) is 9.60. The number of nitrogens with zero attached hydrogens (tertiary/aromatic N) is 2. The first-order valence-electron chi connectivity index (χ1n) is 9.12. The molecule has 31 heavy (non-hydrogen) atoms. The number of amides is 1. The van der Waals surface area contributed by atoms with Crippen molar-refractivity contribution in [3.8, 4) is 0 Å². The zero-order valence-electron chi connectivity index (χ0n) is 16.0. The molecular weight excluding hydrogens is 478 g/mol. The maximum atomic E-state index is 13.1. The van der Waals surface area contributed by atoms with Crippen molar-refractivity contribution >= 4 is 44.8 Å². The van der Waals surface area contributed by atoms with Crippen LogP contribution in [0.4, 0.5) is 18.9 Å². The van der Waals surface area contributed by atoms with E-state index < -0.39 is 27.7 Å². The minimum absolute atomic E-state index is 0.0110. The number of anilines is 1. The van der Waals surface area contributed by atoms with Crippen LogP contribution in [0.3, 0.4) is 0 Å². The molecule has 6 nitrogen and oxygen atoms in total. The molecule has 1 amide bonds. The Bertz CT molecular complexity index is 1070. The highest BCUT2D eigenvalue weighted by Crippen LogP contribution is 2.34. The van der Waals surface area contributed by atoms with Crippen molar-refractivity contribution in [2.75, 3.05) is 38.0 Å². The lowest BCUT2D eigenvalue weighted by atomic mass is 10.1. The molecule has 12 heteroatoms. The molecule has 1 fully saturated rings. The van der Waals surface area contributed by atoms with Crippen molar-refractivity contribution in [1.82, 2.24) is 9.21 Å². The molecule has 168 valence electrons. The molecule has 3 rings (SSSR count). The van der Waals surface area contributed by atoms with E-state index in [4.69, 9.17) is 23.2 Å². The quantitative estimate of drug-likeness (QED) is 0.681. The summed E-state index contributed by atoms with van der Waals surface area (Å²) in [5, 5.41) is 2.65. The molecule has 0 radical (unpaired) electrons. The largest absolute Gasteiger partial charge is 0.418 e. The predicted molar refractivity (Wildman–Crippen MR) is 112 cm³/mol. The number of alkyl halides is 3. The summed E-state index contributed by atoms with van der Waals surface area (Å²) in [6.45, 7) is 0.570. The van der Waals surface area contributed by atoms with Crippen molar-refractivity contribution in [3.05, 3.63) is 58.1 Å². The monoisotopic (exact) mass is 495 g/mol. The molecule has 0 bridgehead atoms. The van der Waals surface area contributed by atoms with Crippen LogP contribution in [-0.2, 0) is 21.0 Å². The number of carbonyl (C=O) groups is 1. The molecule has 0 aliphatic carbocycles. The van der Waals surface area contributed by atoms with Crippen molar-refractivity contribution in [2.45, 2.75) is 11.1 Å². The van der Waals surface area contributed by atoms with E-state index in [0.717, 1.165) is 6.07 Å². The highest BCUT2D eigenvalue weighted by Gasteiger charge is 2.34. The zero-order chi connectivity index (χ0) is 22.8. The van der Waals surface area contributed by atoms with Gasteiger partial charge < -0.3 is 5.32 Å². The highest BCUT2D eigenvalue weighted by atomic mass is 35.5. The molecule has 1 saturated heterocycles. The van der Waals surface area contributed by atoms with Gasteiger partial charge in [0.1, 0.15) is 0 Å². The number of para-hydroxylation sites is 1. The van der Waals surface area contributed by atoms with E-state index in [9.17, 15) is 26.4 Å². The van der Waals surface area contributed by atoms with Gasteiger partial charge in [-0.05, 0) is 30.3 Å². The smallest absolute Gasteiger partial charge is 0.324 e. The van der Waals surface area contributed by atoms with Gasteiger partial charge in [-0.2, -0.15) is 17.5 Å². The molecule has 0 spiro atoms. The van der Waals surface area contributed by atoms with E-state index in [2.05, 4.69) is 5.32 Å². The summed E-state index contributed by atoms with van der Waals surface area (Å²) >= 11 is 11.7. The number of carbonyl (C=O) groups excluding carboxylic acids is 1. The van der Waals surface area contributed by atoms with Gasteiger partial charge >= 0.3 is 6.18 Å². The highest BCUT2D eigenvalue weighted by molar-refractivity contribution is 7.89. The van der Waals surface area contributed by atoms with Crippen LogP contribution in [0.1, 0.15) is 5.56 Å². The summed E-state index contributed by atoms with van der Waals surface area (Å²) in [6, 6.07) is 8.75. The van der Waals surface area contributed by atoms with Gasteiger partial charge in [-0.1, -0.05) is 35.3 Å². The third-order valence-electron chi connectivity index (χ3n) is 4.73. The van der Waals surface area contributed by atoms with Crippen LogP contribution in [0, 0.1) is 0 Å². The van der Waals surface area contributed by atoms with Crippen molar-refractivity contribution < 1.29 is 26.4 Å². The van der Waals surface area contributed by atoms with Crippen LogP contribution in [0.5, 0.6) is 0 Å². The van der Waals surface area contributed by atoms with Crippen LogP contribution in [0.25, 0.3) is 0 Å². The molecule has 2 aromatic carbocycles. The van der Waals surface area contributed by atoms with Crippen LogP contribution >= 0.6 is 23.2 Å². The second-order valence-electron chi connectivity index (χ2n) is 6.85. The fourth-order valence-electron chi connectivity index (χ4n) is 3.15. The maximum absolute atomic E-state index is 13.1. The van der Waals surface area contributed by atoms with Gasteiger partial charge in [-0.3, -0.25) is 9.69 Å². The lowest BCUT2D eigenvalue weighted by Crippen LogP contribution is -2.50. The predicted octanol–water partition coefficient (Wildman–Crippen LogP) is 3.96. The summed E-state index contributed by atoms with van der Waals surface area (Å²) in [5.41, 5.74) is -1.25. The lowest BCUT2D eigenvalue weighted by molar-refractivity contribution is -0.137. The van der Waals surface area contributed by atoms with E-state index >= 15 is 0 Å². The third kappa shape index (κ3) is 5.69. The van der Waals surface area contributed by atoms with E-state index in [1.165, 1.54) is 40.7 Å². The first-order valence-corrected chi connectivity index (χ1v) is 11.3. The summed E-state index contributed by atoms with van der Waals surface area (Å²) in [6.07, 6.45) is -4.59. The number of piperazine rings is 1. The average molecular weight is 496 g/mol. The van der Waals surface area contributed by atoms with Crippen molar-refractivity contribution in [1.29, 1.82) is 0 Å². The van der Waals surface area contributed by atoms with Gasteiger partial charge in [0.05, 0.1) is 32.7 Å². The van der Waals surface area contributed by atoms with Gasteiger partial charge in [-0.15, -0.1) is 0 Å². The normalized spacial score (nSPS) is 16.3. The number of nitrogens with one attached hydrogen (secondary N) is 1. The Morgan fingerprint density at radius 1 is 1.00 bits per heavy atom. The molecule has 1 N–H and O–H groups in total. The van der Waals surface area contributed by atoms with Crippen LogP contribution in [-0.4, -0.2) is 56.3 Å². The van der Waals surface area contributed by atoms with Gasteiger partial charge in [0.25, 0.3) is 0 Å². The standard InChI is InChI=1S/C19H18Cl2F3N3O3S/c20-15-6-5-13(11-16(15)21)31(29,30)27-9-7-26(8-10-27)12-18(28)25-17-4-2-1-3-14(17)19(22,23)24/h1-6,11H,7-10,12H2,(H,25,28). The summed E-state index contributed by atoms with van der Waals surface area (Å²) in [5.74, 6) is -0.613. The number of halogens is 5. The Morgan fingerprint density at radius 2 is 1.65 bits per heavy atom. The summed E-state index contributed by atoms with van der Waals surface area (Å²) in [4.78, 5) is 13.9. The van der Waals surface area contributed by atoms with Crippen LogP contribution < -0.4 is 5.32 Å². The van der Waals surface area contributed by atoms with E-state index in [0.29, 0.717) is 0 Å². The molecule has 1 aliphatic rings. The van der Waals surface area contributed by atoms with Gasteiger partial charge in [0, 0.05) is 26.2 Å². The number of benzene rings is 2. The molecule has 0 unspecified atom stereocenters. The lowest BCUT2D eigenvalue weighted by Gasteiger charge is -2.33. The van der Waals surface area contributed by atoms with E-state index in [1.807, 2.05) is 0 Å². The summed E-state index contributed by atoms with van der Waals surface area (Å²) < 4.78 is 66.0. The number of sulfonamides is 1. The van der Waals surface area contributed by atoms with Crippen LogP contribution in [0.15, 0.2) is 47.4 Å². The third-order valence-corrected chi connectivity index (χ3v) is 7.37. The van der Waals surface area contributed by atoms with Gasteiger partial charge in [0.2, 0.25) is 15.9 Å². The molecule has 2 aromatic rings. The molecule has 1 aliphatic heterocycles. The van der Waals surface area contributed by atoms with Gasteiger partial charge in [0.15, 0.2) is 0 Å². The minimum Gasteiger partial charge on any atom is -0.324 e. The first kappa shape index (κ1) is 23.8. The SMILES string of the molecule is O=C(CN1CCN(S(=O)(=O)c2ccc(Cl)c(Cl)c2)CC1)Nc1ccccc1C(F)(F)F. The van der Waals surface area contributed by atoms with Crippen molar-refractivity contribution in [2.24, 2.45) is 0 Å². The van der Waals surface area contributed by atoms with Gasteiger partial charge in [-0.25, -0.2) is 8.42 Å². The minimum atomic E-state index is -4.59. The Hall–Kier alpha value is -1.85. The number of hydrogen-bond donors (Lipinski definition) is 1. The molecule has 0 saturated carbocycles. The molecule has 0 aromatic heterocycles. The Kier molecular flexibility index (Phi) is 7.17. The Labute approximate surface area is 187 Å². The Morgan fingerprint density at radius 3 is 2.26 bits per heavy atom. The average Bonchev–Trinajstić information content (AvgIpc) is 2.70. The first-order chi connectivity index (χ1) is 14.5.